The molecule has 2 aliphatic heterocycles. The van der Waals surface area contributed by atoms with Crippen molar-refractivity contribution in [1.82, 2.24) is 9.62 Å². The maximum absolute atomic E-state index is 13.3. The van der Waals surface area contributed by atoms with Crippen LogP contribution in [0.15, 0.2) is 118 Å². The summed E-state index contributed by atoms with van der Waals surface area (Å²) >= 11 is 1.63. The van der Waals surface area contributed by atoms with E-state index < -0.39 is 26.5 Å². The normalized spacial score (nSPS) is 15.8. The van der Waals surface area contributed by atoms with Crippen LogP contribution in [-0.4, -0.2) is 81.0 Å². The van der Waals surface area contributed by atoms with E-state index >= 15 is 0 Å². The van der Waals surface area contributed by atoms with Crippen LogP contribution in [0.4, 0.5) is 17.1 Å². The lowest BCUT2D eigenvalue weighted by atomic mass is 9.85. The number of rotatable bonds is 15. The Kier molecular flexibility index (Phi) is 12.0. The predicted molar refractivity (Wildman–Crippen MR) is 209 cm³/mol. The number of nitrogens with zero attached hydrogens (tertiary/aromatic N) is 4. The molecular weight excluding hydrogens is 713 g/mol. The molecule has 1 spiro atoms. The van der Waals surface area contributed by atoms with Gasteiger partial charge < -0.3 is 20.0 Å². The number of hydrogen-bond donors (Lipinski definition) is 2. The van der Waals surface area contributed by atoms with E-state index in [1.807, 2.05) is 67.5 Å². The summed E-state index contributed by atoms with van der Waals surface area (Å²) in [6.45, 7) is 2.25. The van der Waals surface area contributed by atoms with E-state index in [0.717, 1.165) is 67.7 Å². The Bertz CT molecular complexity index is 2020. The summed E-state index contributed by atoms with van der Waals surface area (Å²) in [5.41, 5.74) is 2.83. The molecule has 0 unspecified atom stereocenters. The largest absolute Gasteiger partial charge is 0.389 e. The molecule has 12 nitrogen and oxygen atoms in total. The highest BCUT2D eigenvalue weighted by molar-refractivity contribution is 7.99. The summed E-state index contributed by atoms with van der Waals surface area (Å²) in [5, 5.41) is 19.8. The lowest BCUT2D eigenvalue weighted by molar-refractivity contribution is -0.384. The number of benzene rings is 4. The molecule has 14 heteroatoms. The van der Waals surface area contributed by atoms with Crippen LogP contribution < -0.4 is 14.9 Å². The molecule has 0 saturated carbocycles. The zero-order valence-electron chi connectivity index (χ0n) is 29.8. The number of anilines is 2. The second-order valence-corrected chi connectivity index (χ2v) is 16.5. The first-order chi connectivity index (χ1) is 25.5. The summed E-state index contributed by atoms with van der Waals surface area (Å²) in [5.74, 6) is -0.190. The summed E-state index contributed by atoms with van der Waals surface area (Å²) in [6, 6.07) is 30.3. The van der Waals surface area contributed by atoms with E-state index in [1.165, 1.54) is 17.7 Å². The molecule has 0 aromatic heterocycles. The van der Waals surface area contributed by atoms with Crippen molar-refractivity contribution in [3.05, 3.63) is 124 Å². The lowest BCUT2D eigenvalue weighted by Gasteiger charge is -2.38. The van der Waals surface area contributed by atoms with E-state index in [1.54, 1.807) is 36.0 Å². The van der Waals surface area contributed by atoms with Gasteiger partial charge in [-0.15, -0.1) is 11.8 Å². The molecular formula is C39H44N6O6S2. The maximum atomic E-state index is 13.3. The van der Waals surface area contributed by atoms with E-state index in [-0.39, 0.29) is 27.8 Å². The van der Waals surface area contributed by atoms with Crippen LogP contribution >= 0.6 is 11.8 Å². The topological polar surface area (TPSA) is 146 Å². The number of nitrogens with one attached hydrogen (secondary N) is 2. The third-order valence-corrected chi connectivity index (χ3v) is 12.0. The minimum Gasteiger partial charge on any atom is -0.389 e. The van der Waals surface area contributed by atoms with E-state index in [4.69, 9.17) is 4.84 Å². The van der Waals surface area contributed by atoms with Gasteiger partial charge in [0.2, 0.25) is 0 Å². The minimum atomic E-state index is -4.42. The number of carbonyl (C=O) groups excluding carboxylic acids is 1. The molecule has 1 saturated heterocycles. The molecule has 0 radical (unpaired) electrons. The Morgan fingerprint density at radius 2 is 1.68 bits per heavy atom. The zero-order valence-corrected chi connectivity index (χ0v) is 31.4. The molecule has 4 aromatic carbocycles. The molecule has 4 aromatic rings. The van der Waals surface area contributed by atoms with Crippen molar-refractivity contribution in [3.63, 3.8) is 0 Å². The summed E-state index contributed by atoms with van der Waals surface area (Å²) in [6.07, 6.45) is 3.89. The number of sulfonamides is 1. The van der Waals surface area contributed by atoms with Crippen LogP contribution in [0.2, 0.25) is 0 Å². The summed E-state index contributed by atoms with van der Waals surface area (Å²) in [4.78, 5) is 35.6. The van der Waals surface area contributed by atoms with Gasteiger partial charge in [0.25, 0.3) is 21.6 Å². The van der Waals surface area contributed by atoms with Crippen LogP contribution in [0.3, 0.4) is 0 Å². The second kappa shape index (κ2) is 16.8. The van der Waals surface area contributed by atoms with Crippen LogP contribution in [-0.2, 0) is 21.3 Å². The smallest absolute Gasteiger partial charge is 0.293 e. The fraction of sp³-hybridized carbons (Fsp3) is 0.333. The number of oxime groups is 1. The summed E-state index contributed by atoms with van der Waals surface area (Å²) in [7, 11) is -0.507. The fourth-order valence-electron chi connectivity index (χ4n) is 6.52. The Morgan fingerprint density at radius 3 is 2.34 bits per heavy atom. The van der Waals surface area contributed by atoms with Gasteiger partial charge in [0.05, 0.1) is 15.5 Å². The third kappa shape index (κ3) is 9.95. The van der Waals surface area contributed by atoms with Gasteiger partial charge in [-0.3, -0.25) is 14.9 Å². The van der Waals surface area contributed by atoms with Crippen LogP contribution in [0, 0.1) is 10.1 Å². The highest BCUT2D eigenvalue weighted by atomic mass is 32.2. The number of nitro benzene ring substituents is 1. The molecule has 1 atom stereocenters. The van der Waals surface area contributed by atoms with Gasteiger partial charge in [-0.25, -0.2) is 13.1 Å². The van der Waals surface area contributed by atoms with Crippen molar-refractivity contribution < 1.29 is 23.0 Å². The van der Waals surface area contributed by atoms with Gasteiger partial charge in [0.15, 0.2) is 0 Å². The average Bonchev–Trinajstić information content (AvgIpc) is 3.54. The monoisotopic (exact) mass is 756 g/mol. The molecule has 2 N–H and O–H groups in total. The number of thioether (sulfide) groups is 1. The molecule has 0 bridgehead atoms. The van der Waals surface area contributed by atoms with Gasteiger partial charge in [-0.05, 0) is 81.2 Å². The molecule has 2 heterocycles. The molecule has 1 amide bonds. The van der Waals surface area contributed by atoms with Gasteiger partial charge in [-0.2, -0.15) is 0 Å². The Balaban J connectivity index is 1.05. The number of hydrogen-bond acceptors (Lipinski definition) is 11. The van der Waals surface area contributed by atoms with Gasteiger partial charge in [-0.1, -0.05) is 53.7 Å². The van der Waals surface area contributed by atoms with Crippen molar-refractivity contribution in [2.24, 2.45) is 5.16 Å². The number of nitro groups is 1. The third-order valence-electron chi connectivity index (χ3n) is 9.50. The standard InChI is InChI=1S/C39H44N6O6S2/c1-43(2)22-19-31(28-52-34-11-7-4-8-12-34)40-36-18-17-35(26-37(36)45(47)48)53(49,50)42-38(46)30-13-15-33(16-14-30)44-23-20-39(21-24-44)27-32(41-51-39)25-29-9-5-3-6-10-29/h3-18,26,31,40H,19-25,27-28H2,1-2H3,(H,42,46)/t31-/m1/s1. The zero-order chi connectivity index (χ0) is 37.4. The highest BCUT2D eigenvalue weighted by Crippen LogP contribution is 2.37. The second-order valence-electron chi connectivity index (χ2n) is 13.7. The average molecular weight is 757 g/mol. The molecule has 1 fully saturated rings. The van der Waals surface area contributed by atoms with Gasteiger partial charge in [0.1, 0.15) is 11.3 Å². The predicted octanol–water partition coefficient (Wildman–Crippen LogP) is 6.60. The fourth-order valence-corrected chi connectivity index (χ4v) is 8.51. The Morgan fingerprint density at radius 1 is 1.00 bits per heavy atom. The molecule has 6 rings (SSSR count). The van der Waals surface area contributed by atoms with Crippen LogP contribution in [0.5, 0.6) is 0 Å². The first kappa shape index (κ1) is 37.8. The maximum Gasteiger partial charge on any atom is 0.293 e. The SMILES string of the molecule is CN(C)CC[C@H](CSc1ccccc1)Nc1ccc(S(=O)(=O)NC(=O)c2ccc(N3CCC4(CC3)CC(Cc3ccccc3)=NO4)cc2)cc1[N+](=O)[O-]. The van der Waals surface area contributed by atoms with Crippen molar-refractivity contribution in [1.29, 1.82) is 0 Å². The quantitative estimate of drug-likeness (QED) is 0.0774. The van der Waals surface area contributed by atoms with Crippen molar-refractivity contribution in [2.75, 3.05) is 49.7 Å². The Labute approximate surface area is 314 Å². The summed E-state index contributed by atoms with van der Waals surface area (Å²) < 4.78 is 28.7. The van der Waals surface area contributed by atoms with E-state index in [2.05, 4.69) is 32.2 Å². The Hall–Kier alpha value is -4.92. The lowest BCUT2D eigenvalue weighted by Crippen LogP contribution is -2.44. The van der Waals surface area contributed by atoms with Gasteiger partial charge >= 0.3 is 0 Å². The minimum absolute atomic E-state index is 0.139. The first-order valence-corrected chi connectivity index (χ1v) is 20.0. The van der Waals surface area contributed by atoms with Gasteiger partial charge in [0, 0.05) is 72.8 Å². The number of amides is 1. The van der Waals surface area contributed by atoms with E-state index in [0.29, 0.717) is 12.2 Å². The number of carbonyl (C=O) groups is 1. The van der Waals surface area contributed by atoms with Crippen molar-refractivity contribution >= 4 is 50.5 Å². The molecule has 0 aliphatic carbocycles. The molecule has 53 heavy (non-hydrogen) atoms. The highest BCUT2D eigenvalue weighted by Gasteiger charge is 2.42. The number of piperidine rings is 1. The van der Waals surface area contributed by atoms with Crippen LogP contribution in [0.25, 0.3) is 0 Å². The van der Waals surface area contributed by atoms with Crippen molar-refractivity contribution in [3.8, 4) is 0 Å². The van der Waals surface area contributed by atoms with Crippen molar-refractivity contribution in [2.45, 2.75) is 53.5 Å². The van der Waals surface area contributed by atoms with E-state index in [9.17, 15) is 23.3 Å². The molecule has 2 aliphatic rings. The molecule has 278 valence electrons. The van der Waals surface area contributed by atoms with Crippen LogP contribution in [0.1, 0.15) is 41.6 Å². The first-order valence-electron chi connectivity index (χ1n) is 17.6.